The lowest BCUT2D eigenvalue weighted by Gasteiger charge is -2.36. The first-order chi connectivity index (χ1) is 14.7. The van der Waals surface area contributed by atoms with Crippen molar-refractivity contribution in [3.63, 3.8) is 0 Å². The van der Waals surface area contributed by atoms with Gasteiger partial charge in [0.05, 0.1) is 11.8 Å². The van der Waals surface area contributed by atoms with Gasteiger partial charge in [-0.15, -0.1) is 0 Å². The van der Waals surface area contributed by atoms with Gasteiger partial charge < -0.3 is 10.2 Å². The summed E-state index contributed by atoms with van der Waals surface area (Å²) < 4.78 is 39.3. The summed E-state index contributed by atoms with van der Waals surface area (Å²) in [5.74, 6) is -1.46. The van der Waals surface area contributed by atoms with Gasteiger partial charge in [-0.2, -0.15) is 0 Å². The first kappa shape index (κ1) is 22.9. The van der Waals surface area contributed by atoms with Gasteiger partial charge in [0.15, 0.2) is 0 Å². The number of carbonyl (C=O) groups excluding carboxylic acids is 2. The highest BCUT2D eigenvalue weighted by Gasteiger charge is 2.28. The second-order valence-corrected chi connectivity index (χ2v) is 9.57. The van der Waals surface area contributed by atoms with Crippen LogP contribution in [0.15, 0.2) is 42.5 Å². The molecule has 2 aromatic rings. The number of nitrogens with one attached hydrogen (secondary N) is 2. The zero-order valence-electron chi connectivity index (χ0n) is 17.5. The normalized spacial score (nSPS) is 16.7. The topological polar surface area (TPSA) is 95.6 Å². The molecule has 2 aromatic carbocycles. The summed E-state index contributed by atoms with van der Waals surface area (Å²) in [5, 5.41) is 2.68. The van der Waals surface area contributed by atoms with E-state index < -0.39 is 21.7 Å². The fourth-order valence-electron chi connectivity index (χ4n) is 3.62. The Bertz CT molecular complexity index is 1090. The van der Waals surface area contributed by atoms with Crippen molar-refractivity contribution in [3.05, 3.63) is 65.0 Å². The number of hydrogen-bond donors (Lipinski definition) is 2. The van der Waals surface area contributed by atoms with Gasteiger partial charge in [0.25, 0.3) is 11.8 Å². The maximum Gasteiger partial charge on any atom is 0.258 e. The first-order valence-corrected chi connectivity index (χ1v) is 12.0. The van der Waals surface area contributed by atoms with Crippen LogP contribution in [0.4, 0.5) is 10.1 Å². The monoisotopic (exact) mass is 447 g/mol. The summed E-state index contributed by atoms with van der Waals surface area (Å²) in [6.45, 7) is 2.47. The molecule has 1 aliphatic heterocycles. The van der Waals surface area contributed by atoms with Gasteiger partial charge in [0, 0.05) is 30.4 Å². The lowest BCUT2D eigenvalue weighted by Crippen LogP contribution is -2.49. The van der Waals surface area contributed by atoms with E-state index in [4.69, 9.17) is 0 Å². The third-order valence-corrected chi connectivity index (χ3v) is 6.01. The molecule has 3 rings (SSSR count). The molecule has 2 amide bonds. The molecule has 0 aromatic heterocycles. The Morgan fingerprint density at radius 2 is 1.90 bits per heavy atom. The molecular formula is C22H26FN3O4S. The summed E-state index contributed by atoms with van der Waals surface area (Å²) in [4.78, 5) is 27.3. The molecule has 1 fully saturated rings. The lowest BCUT2D eigenvalue weighted by atomic mass is 10.00. The van der Waals surface area contributed by atoms with E-state index in [2.05, 4.69) is 10.0 Å². The fraction of sp³-hybridized carbons (Fsp3) is 0.364. The van der Waals surface area contributed by atoms with E-state index in [1.807, 2.05) is 0 Å². The molecule has 166 valence electrons. The quantitative estimate of drug-likeness (QED) is 0.712. The number of anilines is 1. The zero-order valence-corrected chi connectivity index (χ0v) is 18.3. The van der Waals surface area contributed by atoms with Crippen LogP contribution in [-0.4, -0.2) is 50.5 Å². The van der Waals surface area contributed by atoms with Gasteiger partial charge in [0.2, 0.25) is 10.0 Å². The van der Waals surface area contributed by atoms with Crippen LogP contribution >= 0.6 is 0 Å². The smallest absolute Gasteiger partial charge is 0.258 e. The molecular weight excluding hydrogens is 421 g/mol. The summed E-state index contributed by atoms with van der Waals surface area (Å²) in [5.41, 5.74) is 1.44. The van der Waals surface area contributed by atoms with Crippen LogP contribution in [0.25, 0.3) is 0 Å². The van der Waals surface area contributed by atoms with Crippen molar-refractivity contribution in [1.82, 2.24) is 9.62 Å². The van der Waals surface area contributed by atoms with E-state index in [9.17, 15) is 22.4 Å². The molecule has 0 saturated carbocycles. The number of sulfonamides is 1. The number of nitrogens with zero attached hydrogens (tertiary/aromatic N) is 1. The summed E-state index contributed by atoms with van der Waals surface area (Å²) >= 11 is 0. The molecule has 1 heterocycles. The highest BCUT2D eigenvalue weighted by atomic mass is 32.2. The van der Waals surface area contributed by atoms with Crippen molar-refractivity contribution >= 4 is 27.5 Å². The molecule has 0 aliphatic carbocycles. The Hall–Kier alpha value is -2.78. The molecule has 9 heteroatoms. The maximum absolute atomic E-state index is 13.9. The van der Waals surface area contributed by atoms with E-state index in [1.165, 1.54) is 18.2 Å². The Labute approximate surface area is 181 Å². The standard InChI is InChI=1S/C22H26FN3O4S/c1-15-10-11-16(13-20(15)25-21(27)18-8-3-4-9-19(18)23)22(28)26-12-6-5-7-17(26)14-24-31(2,29)30/h3-4,8-11,13,17,24H,5-7,12,14H2,1-2H3,(H,25,27)/t17-/m0/s1. The van der Waals surface area contributed by atoms with Crippen molar-refractivity contribution in [2.75, 3.05) is 24.7 Å². The number of benzene rings is 2. The Balaban J connectivity index is 1.80. The summed E-state index contributed by atoms with van der Waals surface area (Å²) in [6.07, 6.45) is 3.55. The van der Waals surface area contributed by atoms with Crippen LogP contribution in [-0.2, 0) is 10.0 Å². The van der Waals surface area contributed by atoms with E-state index in [0.717, 1.165) is 24.7 Å². The number of amides is 2. The Morgan fingerprint density at radius 3 is 2.61 bits per heavy atom. The van der Waals surface area contributed by atoms with E-state index in [-0.39, 0.29) is 24.1 Å². The largest absolute Gasteiger partial charge is 0.334 e. The molecule has 1 saturated heterocycles. The van der Waals surface area contributed by atoms with Gasteiger partial charge in [-0.25, -0.2) is 17.5 Å². The van der Waals surface area contributed by atoms with Crippen LogP contribution in [0, 0.1) is 12.7 Å². The van der Waals surface area contributed by atoms with E-state index in [1.54, 1.807) is 36.1 Å². The zero-order chi connectivity index (χ0) is 22.6. The van der Waals surface area contributed by atoms with Gasteiger partial charge in [-0.1, -0.05) is 18.2 Å². The minimum atomic E-state index is -3.36. The van der Waals surface area contributed by atoms with Gasteiger partial charge >= 0.3 is 0 Å². The molecule has 1 aliphatic rings. The van der Waals surface area contributed by atoms with Crippen LogP contribution in [0.3, 0.4) is 0 Å². The predicted octanol–water partition coefficient (Wildman–Crippen LogP) is 2.93. The minimum Gasteiger partial charge on any atom is -0.334 e. The second-order valence-electron chi connectivity index (χ2n) is 7.73. The second kappa shape index (κ2) is 9.57. The number of hydrogen-bond acceptors (Lipinski definition) is 4. The predicted molar refractivity (Wildman–Crippen MR) is 117 cm³/mol. The Kier molecular flexibility index (Phi) is 7.07. The summed E-state index contributed by atoms with van der Waals surface area (Å²) in [7, 11) is -3.36. The third kappa shape index (κ3) is 5.89. The van der Waals surface area contributed by atoms with Crippen LogP contribution < -0.4 is 10.0 Å². The number of carbonyl (C=O) groups is 2. The van der Waals surface area contributed by atoms with Crippen molar-refractivity contribution in [3.8, 4) is 0 Å². The van der Waals surface area contributed by atoms with Crippen molar-refractivity contribution in [2.24, 2.45) is 0 Å². The molecule has 1 atom stereocenters. The molecule has 31 heavy (non-hydrogen) atoms. The van der Waals surface area contributed by atoms with Gasteiger partial charge in [-0.3, -0.25) is 9.59 Å². The van der Waals surface area contributed by atoms with Gasteiger partial charge in [-0.05, 0) is 56.0 Å². The van der Waals surface area contributed by atoms with Crippen LogP contribution in [0.1, 0.15) is 45.5 Å². The van der Waals surface area contributed by atoms with E-state index >= 15 is 0 Å². The number of likely N-dealkylation sites (tertiary alicyclic amines) is 1. The lowest BCUT2D eigenvalue weighted by molar-refractivity contribution is 0.0618. The highest BCUT2D eigenvalue weighted by Crippen LogP contribution is 2.23. The average molecular weight is 448 g/mol. The number of halogens is 1. The molecule has 0 spiro atoms. The number of rotatable bonds is 6. The first-order valence-electron chi connectivity index (χ1n) is 10.1. The molecule has 0 bridgehead atoms. The molecule has 0 radical (unpaired) electrons. The number of aryl methyl sites for hydroxylation is 1. The van der Waals surface area contributed by atoms with Crippen molar-refractivity contribution < 1.29 is 22.4 Å². The van der Waals surface area contributed by atoms with E-state index in [0.29, 0.717) is 24.2 Å². The fourth-order valence-corrected chi connectivity index (χ4v) is 4.11. The molecule has 0 unspecified atom stereocenters. The van der Waals surface area contributed by atoms with Crippen LogP contribution in [0.2, 0.25) is 0 Å². The Morgan fingerprint density at radius 1 is 1.16 bits per heavy atom. The average Bonchev–Trinajstić information content (AvgIpc) is 2.73. The molecule has 2 N–H and O–H groups in total. The van der Waals surface area contributed by atoms with Gasteiger partial charge in [0.1, 0.15) is 5.82 Å². The minimum absolute atomic E-state index is 0.0819. The van der Waals surface area contributed by atoms with Crippen molar-refractivity contribution in [2.45, 2.75) is 32.2 Å². The number of piperidine rings is 1. The summed E-state index contributed by atoms with van der Waals surface area (Å²) in [6, 6.07) is 10.4. The third-order valence-electron chi connectivity index (χ3n) is 5.32. The maximum atomic E-state index is 13.9. The van der Waals surface area contributed by atoms with Crippen molar-refractivity contribution in [1.29, 1.82) is 0 Å². The highest BCUT2D eigenvalue weighted by molar-refractivity contribution is 7.88. The van der Waals surface area contributed by atoms with Crippen LogP contribution in [0.5, 0.6) is 0 Å². The SMILES string of the molecule is Cc1ccc(C(=O)N2CCCC[C@H]2CNS(C)(=O)=O)cc1NC(=O)c1ccccc1F. The molecule has 7 nitrogen and oxygen atoms in total.